The number of aryl methyl sites for hydroxylation is 1. The molecule has 0 bridgehead atoms. The van der Waals surface area contributed by atoms with Crippen LogP contribution >= 0.6 is 0 Å². The van der Waals surface area contributed by atoms with Gasteiger partial charge in [-0.15, -0.1) is 0 Å². The van der Waals surface area contributed by atoms with Gasteiger partial charge in [0.15, 0.2) is 0 Å². The molecule has 1 aromatic carbocycles. The third-order valence-corrected chi connectivity index (χ3v) is 5.18. The molecule has 0 atom stereocenters. The van der Waals surface area contributed by atoms with Crippen molar-refractivity contribution in [2.75, 3.05) is 49.1 Å². The van der Waals surface area contributed by atoms with Crippen LogP contribution in [-0.2, 0) is 0 Å². The summed E-state index contributed by atoms with van der Waals surface area (Å²) < 4.78 is 13.4. The van der Waals surface area contributed by atoms with Gasteiger partial charge in [0.05, 0.1) is 0 Å². The first-order valence-corrected chi connectivity index (χ1v) is 9.50. The maximum Gasteiger partial charge on any atom is 0.254 e. The van der Waals surface area contributed by atoms with E-state index in [9.17, 15) is 9.18 Å². The Bertz CT molecular complexity index is 829. The van der Waals surface area contributed by atoms with Crippen LogP contribution in [0, 0.1) is 12.7 Å². The minimum Gasteiger partial charge on any atom is -0.356 e. The lowest BCUT2D eigenvalue weighted by atomic mass is 10.2. The molecule has 1 amide bonds. The summed E-state index contributed by atoms with van der Waals surface area (Å²) in [6, 6.07) is 7.91. The van der Waals surface area contributed by atoms with Gasteiger partial charge in [0.1, 0.15) is 11.6 Å². The van der Waals surface area contributed by atoms with E-state index in [0.717, 1.165) is 30.5 Å². The summed E-state index contributed by atoms with van der Waals surface area (Å²) >= 11 is 0. The van der Waals surface area contributed by atoms with Crippen molar-refractivity contribution < 1.29 is 9.18 Å². The van der Waals surface area contributed by atoms with Gasteiger partial charge in [-0.2, -0.15) is 4.98 Å². The zero-order valence-electron chi connectivity index (χ0n) is 15.6. The van der Waals surface area contributed by atoms with E-state index in [0.29, 0.717) is 31.7 Å². The first-order chi connectivity index (χ1) is 13.1. The molecule has 1 aromatic heterocycles. The first kappa shape index (κ1) is 17.7. The van der Waals surface area contributed by atoms with Crippen molar-refractivity contribution in [2.24, 2.45) is 0 Å². The lowest BCUT2D eigenvalue weighted by molar-refractivity contribution is 0.0745. The molecule has 6 nitrogen and oxygen atoms in total. The molecule has 4 rings (SSSR count). The van der Waals surface area contributed by atoms with Crippen LogP contribution < -0.4 is 9.80 Å². The predicted molar refractivity (Wildman–Crippen MR) is 103 cm³/mol. The van der Waals surface area contributed by atoms with Crippen LogP contribution in [0.15, 0.2) is 30.3 Å². The van der Waals surface area contributed by atoms with Crippen LogP contribution in [0.2, 0.25) is 0 Å². The SMILES string of the molecule is Cc1cc(N2CCCC2)nc(N2CCN(C(=O)c3cccc(F)c3)CC2)n1. The smallest absolute Gasteiger partial charge is 0.254 e. The Morgan fingerprint density at radius 2 is 1.70 bits per heavy atom. The highest BCUT2D eigenvalue weighted by atomic mass is 19.1. The van der Waals surface area contributed by atoms with Gasteiger partial charge in [0.2, 0.25) is 5.95 Å². The normalized spacial score (nSPS) is 17.5. The second kappa shape index (κ2) is 7.50. The average Bonchev–Trinajstić information content (AvgIpc) is 3.22. The van der Waals surface area contributed by atoms with E-state index in [2.05, 4.69) is 14.8 Å². The fourth-order valence-corrected chi connectivity index (χ4v) is 3.70. The molecule has 0 saturated carbocycles. The van der Waals surface area contributed by atoms with Crippen LogP contribution in [0.25, 0.3) is 0 Å². The number of hydrogen-bond donors (Lipinski definition) is 0. The van der Waals surface area contributed by atoms with Crippen molar-refractivity contribution in [3.63, 3.8) is 0 Å². The minimum absolute atomic E-state index is 0.128. The third kappa shape index (κ3) is 3.86. The number of halogens is 1. The number of rotatable bonds is 3. The van der Waals surface area contributed by atoms with Crippen LogP contribution in [-0.4, -0.2) is 60.0 Å². The number of piperazine rings is 1. The van der Waals surface area contributed by atoms with Gasteiger partial charge in [0.25, 0.3) is 5.91 Å². The van der Waals surface area contributed by atoms with Gasteiger partial charge < -0.3 is 14.7 Å². The van der Waals surface area contributed by atoms with E-state index in [-0.39, 0.29) is 11.7 Å². The molecular weight excluding hydrogens is 345 g/mol. The molecule has 2 aromatic rings. The maximum atomic E-state index is 13.4. The summed E-state index contributed by atoms with van der Waals surface area (Å²) in [5, 5.41) is 0. The number of anilines is 2. The molecule has 2 fully saturated rings. The van der Waals surface area contributed by atoms with Crippen LogP contribution in [0.4, 0.5) is 16.2 Å². The van der Waals surface area contributed by atoms with Crippen molar-refractivity contribution in [3.05, 3.63) is 47.4 Å². The molecule has 142 valence electrons. The maximum absolute atomic E-state index is 13.4. The van der Waals surface area contributed by atoms with E-state index in [1.54, 1.807) is 17.0 Å². The van der Waals surface area contributed by atoms with Gasteiger partial charge in [-0.05, 0) is 38.0 Å². The molecule has 7 heteroatoms. The van der Waals surface area contributed by atoms with Gasteiger partial charge in [0, 0.05) is 56.6 Å². The molecule has 2 saturated heterocycles. The Kier molecular flexibility index (Phi) is 4.92. The minimum atomic E-state index is -0.387. The van der Waals surface area contributed by atoms with Crippen molar-refractivity contribution in [3.8, 4) is 0 Å². The Balaban J connectivity index is 1.44. The summed E-state index contributed by atoms with van der Waals surface area (Å²) in [7, 11) is 0. The van der Waals surface area contributed by atoms with Gasteiger partial charge in [-0.25, -0.2) is 9.37 Å². The molecule has 0 radical (unpaired) electrons. The number of hydrogen-bond acceptors (Lipinski definition) is 5. The average molecular weight is 369 g/mol. The quantitative estimate of drug-likeness (QED) is 0.832. The number of carbonyl (C=O) groups excluding carboxylic acids is 1. The zero-order valence-corrected chi connectivity index (χ0v) is 15.6. The van der Waals surface area contributed by atoms with Crippen LogP contribution in [0.5, 0.6) is 0 Å². The molecule has 0 spiro atoms. The summed E-state index contributed by atoms with van der Waals surface area (Å²) in [6.07, 6.45) is 2.42. The number of amides is 1. The first-order valence-electron chi connectivity index (χ1n) is 9.50. The van der Waals surface area contributed by atoms with Gasteiger partial charge in [-0.1, -0.05) is 6.07 Å². The van der Waals surface area contributed by atoms with Crippen molar-refractivity contribution in [1.82, 2.24) is 14.9 Å². The van der Waals surface area contributed by atoms with E-state index in [4.69, 9.17) is 4.98 Å². The van der Waals surface area contributed by atoms with Gasteiger partial charge in [-0.3, -0.25) is 4.79 Å². The highest BCUT2D eigenvalue weighted by Gasteiger charge is 2.25. The highest BCUT2D eigenvalue weighted by molar-refractivity contribution is 5.94. The number of nitrogens with zero attached hydrogens (tertiary/aromatic N) is 5. The van der Waals surface area contributed by atoms with E-state index in [1.165, 1.54) is 25.0 Å². The predicted octanol–water partition coefficient (Wildman–Crippen LogP) is 2.49. The van der Waals surface area contributed by atoms with Gasteiger partial charge >= 0.3 is 0 Å². The summed E-state index contributed by atoms with van der Waals surface area (Å²) in [4.78, 5) is 28.2. The van der Waals surface area contributed by atoms with Crippen molar-refractivity contribution in [2.45, 2.75) is 19.8 Å². The van der Waals surface area contributed by atoms with Crippen molar-refractivity contribution in [1.29, 1.82) is 0 Å². The topological polar surface area (TPSA) is 52.6 Å². The number of aromatic nitrogens is 2. The van der Waals surface area contributed by atoms with Crippen LogP contribution in [0.3, 0.4) is 0 Å². The Morgan fingerprint density at radius 1 is 0.963 bits per heavy atom. The van der Waals surface area contributed by atoms with E-state index < -0.39 is 0 Å². The summed E-state index contributed by atoms with van der Waals surface area (Å²) in [6.45, 7) is 6.58. The molecule has 27 heavy (non-hydrogen) atoms. The molecule has 2 aliphatic rings. The summed E-state index contributed by atoms with van der Waals surface area (Å²) in [5.41, 5.74) is 1.35. The monoisotopic (exact) mass is 369 g/mol. The zero-order chi connectivity index (χ0) is 18.8. The van der Waals surface area contributed by atoms with E-state index >= 15 is 0 Å². The molecular formula is C20H24FN5O. The van der Waals surface area contributed by atoms with Crippen LogP contribution in [0.1, 0.15) is 28.9 Å². The largest absolute Gasteiger partial charge is 0.356 e. The summed E-state index contributed by atoms with van der Waals surface area (Å²) in [5.74, 6) is 1.21. The van der Waals surface area contributed by atoms with Crippen molar-refractivity contribution >= 4 is 17.7 Å². The Morgan fingerprint density at radius 3 is 2.41 bits per heavy atom. The second-order valence-electron chi connectivity index (χ2n) is 7.15. The lowest BCUT2D eigenvalue weighted by Gasteiger charge is -2.35. The highest BCUT2D eigenvalue weighted by Crippen LogP contribution is 2.22. The fraction of sp³-hybridized carbons (Fsp3) is 0.450. The molecule has 0 unspecified atom stereocenters. The molecule has 0 aliphatic carbocycles. The lowest BCUT2D eigenvalue weighted by Crippen LogP contribution is -2.49. The standard InChI is InChI=1S/C20H24FN5O/c1-15-13-18(24-7-2-3-8-24)23-20(22-15)26-11-9-25(10-12-26)19(27)16-5-4-6-17(21)14-16/h4-6,13-14H,2-3,7-12H2,1H3. The number of benzene rings is 1. The Hall–Kier alpha value is -2.70. The molecule has 2 aliphatic heterocycles. The third-order valence-electron chi connectivity index (χ3n) is 5.18. The number of carbonyl (C=O) groups is 1. The Labute approximate surface area is 158 Å². The molecule has 0 N–H and O–H groups in total. The molecule has 3 heterocycles. The second-order valence-corrected chi connectivity index (χ2v) is 7.15. The van der Waals surface area contributed by atoms with E-state index in [1.807, 2.05) is 13.0 Å². The fourth-order valence-electron chi connectivity index (χ4n) is 3.70.